The average Bonchev–Trinajstić information content (AvgIpc) is 2.59. The number of anilines is 1. The van der Waals surface area contributed by atoms with E-state index in [0.717, 1.165) is 22.3 Å². The SMILES string of the molecule is Cc1cccc(C(C)C)c1NC(=O)c1cn(C)c2ccccc2c1=O. The van der Waals surface area contributed by atoms with Crippen molar-refractivity contribution in [1.82, 2.24) is 4.57 Å². The monoisotopic (exact) mass is 334 g/mol. The number of aromatic nitrogens is 1. The minimum atomic E-state index is -0.373. The van der Waals surface area contributed by atoms with Gasteiger partial charge < -0.3 is 9.88 Å². The Labute approximate surface area is 147 Å². The maximum absolute atomic E-state index is 12.8. The minimum absolute atomic E-state index is 0.152. The molecule has 128 valence electrons. The number of aryl methyl sites for hydroxylation is 2. The number of fused-ring (bicyclic) bond motifs is 1. The third-order valence-corrected chi connectivity index (χ3v) is 4.51. The van der Waals surface area contributed by atoms with Gasteiger partial charge in [-0.05, 0) is 36.1 Å². The summed E-state index contributed by atoms with van der Waals surface area (Å²) in [4.78, 5) is 25.6. The van der Waals surface area contributed by atoms with Crippen molar-refractivity contribution in [3.63, 3.8) is 0 Å². The summed E-state index contributed by atoms with van der Waals surface area (Å²) >= 11 is 0. The van der Waals surface area contributed by atoms with Gasteiger partial charge in [0.1, 0.15) is 5.56 Å². The molecule has 25 heavy (non-hydrogen) atoms. The van der Waals surface area contributed by atoms with E-state index in [1.54, 1.807) is 12.3 Å². The highest BCUT2D eigenvalue weighted by Crippen LogP contribution is 2.27. The third kappa shape index (κ3) is 3.07. The van der Waals surface area contributed by atoms with Crippen molar-refractivity contribution in [3.8, 4) is 0 Å². The number of para-hydroxylation sites is 2. The summed E-state index contributed by atoms with van der Waals surface area (Å²) in [5.74, 6) is -0.0998. The topological polar surface area (TPSA) is 51.1 Å². The lowest BCUT2D eigenvalue weighted by Crippen LogP contribution is -2.24. The zero-order valence-corrected chi connectivity index (χ0v) is 15.0. The number of hydrogen-bond donors (Lipinski definition) is 1. The van der Waals surface area contributed by atoms with Crippen LogP contribution in [0.15, 0.2) is 53.5 Å². The Morgan fingerprint density at radius 3 is 2.52 bits per heavy atom. The smallest absolute Gasteiger partial charge is 0.261 e. The van der Waals surface area contributed by atoms with Gasteiger partial charge in [-0.2, -0.15) is 0 Å². The number of carbonyl (C=O) groups excluding carboxylic acids is 1. The Morgan fingerprint density at radius 1 is 1.08 bits per heavy atom. The number of benzene rings is 2. The first-order valence-electron chi connectivity index (χ1n) is 8.39. The van der Waals surface area contributed by atoms with Gasteiger partial charge in [-0.15, -0.1) is 0 Å². The normalized spacial score (nSPS) is 11.1. The number of amides is 1. The van der Waals surface area contributed by atoms with E-state index >= 15 is 0 Å². The van der Waals surface area contributed by atoms with Gasteiger partial charge in [0.25, 0.3) is 5.91 Å². The van der Waals surface area contributed by atoms with Gasteiger partial charge in [0.05, 0.1) is 5.52 Å². The summed E-state index contributed by atoms with van der Waals surface area (Å²) in [6, 6.07) is 13.3. The van der Waals surface area contributed by atoms with E-state index in [9.17, 15) is 9.59 Å². The summed E-state index contributed by atoms with van der Waals surface area (Å²) in [6.45, 7) is 6.12. The van der Waals surface area contributed by atoms with Crippen molar-refractivity contribution < 1.29 is 4.79 Å². The molecular weight excluding hydrogens is 312 g/mol. The number of pyridine rings is 1. The number of nitrogens with zero attached hydrogens (tertiary/aromatic N) is 1. The molecule has 0 radical (unpaired) electrons. The van der Waals surface area contributed by atoms with Crippen LogP contribution in [-0.4, -0.2) is 10.5 Å². The van der Waals surface area contributed by atoms with E-state index in [-0.39, 0.29) is 22.8 Å². The van der Waals surface area contributed by atoms with Gasteiger partial charge in [-0.25, -0.2) is 0 Å². The molecule has 1 N–H and O–H groups in total. The van der Waals surface area contributed by atoms with Crippen LogP contribution in [0.1, 0.15) is 41.3 Å². The Morgan fingerprint density at radius 2 is 1.80 bits per heavy atom. The quantitative estimate of drug-likeness (QED) is 0.779. The van der Waals surface area contributed by atoms with Gasteiger partial charge in [0, 0.05) is 24.3 Å². The molecule has 0 saturated heterocycles. The first-order chi connectivity index (χ1) is 11.9. The highest BCUT2D eigenvalue weighted by atomic mass is 16.2. The fourth-order valence-electron chi connectivity index (χ4n) is 3.13. The van der Waals surface area contributed by atoms with Gasteiger partial charge >= 0.3 is 0 Å². The van der Waals surface area contributed by atoms with Gasteiger partial charge in [-0.3, -0.25) is 9.59 Å². The molecule has 4 heteroatoms. The maximum Gasteiger partial charge on any atom is 0.261 e. The number of carbonyl (C=O) groups is 1. The Hall–Kier alpha value is -2.88. The average molecular weight is 334 g/mol. The van der Waals surface area contributed by atoms with E-state index < -0.39 is 0 Å². The van der Waals surface area contributed by atoms with Crippen LogP contribution in [0.3, 0.4) is 0 Å². The molecule has 1 amide bonds. The summed E-state index contributed by atoms with van der Waals surface area (Å²) in [6.07, 6.45) is 1.60. The molecule has 4 nitrogen and oxygen atoms in total. The van der Waals surface area contributed by atoms with E-state index in [1.807, 2.05) is 54.9 Å². The zero-order chi connectivity index (χ0) is 18.1. The number of hydrogen-bond acceptors (Lipinski definition) is 2. The van der Waals surface area contributed by atoms with Crippen molar-refractivity contribution >= 4 is 22.5 Å². The molecule has 0 spiro atoms. The summed E-state index contributed by atoms with van der Waals surface area (Å²) in [5.41, 5.74) is 3.55. The lowest BCUT2D eigenvalue weighted by Gasteiger charge is -2.17. The van der Waals surface area contributed by atoms with Crippen LogP contribution in [0, 0.1) is 6.92 Å². The fraction of sp³-hybridized carbons (Fsp3) is 0.238. The summed E-state index contributed by atoms with van der Waals surface area (Å²) < 4.78 is 1.81. The van der Waals surface area contributed by atoms with E-state index in [4.69, 9.17) is 0 Å². The molecule has 0 atom stereocenters. The third-order valence-electron chi connectivity index (χ3n) is 4.51. The largest absolute Gasteiger partial charge is 0.350 e. The molecule has 0 saturated carbocycles. The molecule has 0 aliphatic heterocycles. The van der Waals surface area contributed by atoms with Crippen LogP contribution in [0.25, 0.3) is 10.9 Å². The van der Waals surface area contributed by atoms with Crippen LogP contribution in [0.4, 0.5) is 5.69 Å². The molecule has 2 aromatic carbocycles. The molecule has 0 aliphatic rings. The molecular formula is C21H22N2O2. The lowest BCUT2D eigenvalue weighted by atomic mass is 9.98. The van der Waals surface area contributed by atoms with E-state index in [2.05, 4.69) is 19.2 Å². The fourth-order valence-corrected chi connectivity index (χ4v) is 3.13. The molecule has 0 unspecified atom stereocenters. The van der Waals surface area contributed by atoms with Crippen molar-refractivity contribution in [3.05, 3.63) is 75.6 Å². The van der Waals surface area contributed by atoms with Crippen molar-refractivity contribution in [2.75, 3.05) is 5.32 Å². The van der Waals surface area contributed by atoms with Crippen molar-refractivity contribution in [1.29, 1.82) is 0 Å². The van der Waals surface area contributed by atoms with Crippen LogP contribution in [0.5, 0.6) is 0 Å². The van der Waals surface area contributed by atoms with Crippen molar-refractivity contribution in [2.45, 2.75) is 26.7 Å². The molecule has 1 heterocycles. The van der Waals surface area contributed by atoms with Gasteiger partial charge in [0.2, 0.25) is 5.43 Å². The van der Waals surface area contributed by atoms with E-state index in [0.29, 0.717) is 5.39 Å². The molecule has 3 rings (SSSR count). The molecule has 3 aromatic rings. The van der Waals surface area contributed by atoms with Crippen LogP contribution >= 0.6 is 0 Å². The highest BCUT2D eigenvalue weighted by molar-refractivity contribution is 6.06. The zero-order valence-electron chi connectivity index (χ0n) is 15.0. The summed E-state index contributed by atoms with van der Waals surface area (Å²) in [7, 11) is 1.84. The van der Waals surface area contributed by atoms with E-state index in [1.165, 1.54) is 0 Å². The summed E-state index contributed by atoms with van der Waals surface area (Å²) in [5, 5.41) is 3.50. The standard InChI is InChI=1S/C21H22N2O2/c1-13(2)15-10-7-8-14(3)19(15)22-21(25)17-12-23(4)18-11-6-5-9-16(18)20(17)24/h5-13H,1-4H3,(H,22,25). The van der Waals surface area contributed by atoms with Crippen LogP contribution in [-0.2, 0) is 7.05 Å². The van der Waals surface area contributed by atoms with Gasteiger partial charge in [0.15, 0.2) is 0 Å². The Balaban J connectivity index is 2.08. The predicted molar refractivity (Wildman–Crippen MR) is 102 cm³/mol. The highest BCUT2D eigenvalue weighted by Gasteiger charge is 2.17. The van der Waals surface area contributed by atoms with Gasteiger partial charge in [-0.1, -0.05) is 44.2 Å². The Bertz CT molecular complexity index is 1020. The predicted octanol–water partition coefficient (Wildman–Crippen LogP) is 4.22. The first kappa shape index (κ1) is 17.0. The molecule has 0 fully saturated rings. The molecule has 1 aromatic heterocycles. The number of rotatable bonds is 3. The van der Waals surface area contributed by atoms with Crippen molar-refractivity contribution in [2.24, 2.45) is 7.05 Å². The minimum Gasteiger partial charge on any atom is -0.350 e. The lowest BCUT2D eigenvalue weighted by molar-refractivity contribution is 0.102. The number of nitrogens with one attached hydrogen (secondary N) is 1. The maximum atomic E-state index is 12.8. The Kier molecular flexibility index (Phi) is 4.45. The van der Waals surface area contributed by atoms with Crippen LogP contribution in [0.2, 0.25) is 0 Å². The second-order valence-corrected chi connectivity index (χ2v) is 6.65. The second kappa shape index (κ2) is 6.55. The molecule has 0 aliphatic carbocycles. The first-order valence-corrected chi connectivity index (χ1v) is 8.39. The van der Waals surface area contributed by atoms with Crippen LogP contribution < -0.4 is 10.7 Å². The second-order valence-electron chi connectivity index (χ2n) is 6.65. The molecule has 0 bridgehead atoms.